The van der Waals surface area contributed by atoms with Crippen LogP contribution in [0.1, 0.15) is 31.6 Å². The molecule has 0 saturated carbocycles. The Kier molecular flexibility index (Phi) is 4.59. The van der Waals surface area contributed by atoms with Gasteiger partial charge < -0.3 is 14.8 Å². The molecule has 4 nitrogen and oxygen atoms in total. The zero-order valence-electron chi connectivity index (χ0n) is 10.4. The van der Waals surface area contributed by atoms with E-state index in [1.807, 2.05) is 0 Å². The van der Waals surface area contributed by atoms with Gasteiger partial charge in [-0.2, -0.15) is 0 Å². The summed E-state index contributed by atoms with van der Waals surface area (Å²) >= 11 is 0. The first-order valence-electron chi connectivity index (χ1n) is 6.47. The number of rotatable bonds is 6. The van der Waals surface area contributed by atoms with Crippen molar-refractivity contribution in [3.63, 3.8) is 0 Å². The average molecular weight is 238 g/mol. The van der Waals surface area contributed by atoms with Gasteiger partial charge in [0.05, 0.1) is 6.26 Å². The van der Waals surface area contributed by atoms with Gasteiger partial charge in [0, 0.05) is 19.1 Å². The molecule has 1 aliphatic heterocycles. The topological polar surface area (TPSA) is 48.6 Å². The summed E-state index contributed by atoms with van der Waals surface area (Å²) in [6, 6.07) is 4.23. The highest BCUT2D eigenvalue weighted by molar-refractivity contribution is 5.02. The minimum Gasteiger partial charge on any atom is -0.467 e. The second kappa shape index (κ2) is 6.19. The lowest BCUT2D eigenvalue weighted by molar-refractivity contribution is 0.143. The Hall–Kier alpha value is -0.840. The molecule has 2 N–H and O–H groups in total. The molecular weight excluding hydrogens is 216 g/mol. The molecule has 1 saturated heterocycles. The van der Waals surface area contributed by atoms with Gasteiger partial charge in [0.25, 0.3) is 0 Å². The highest BCUT2D eigenvalue weighted by atomic mass is 16.4. The van der Waals surface area contributed by atoms with E-state index in [0.717, 1.165) is 13.1 Å². The largest absolute Gasteiger partial charge is 0.467 e. The molecule has 96 valence electrons. The van der Waals surface area contributed by atoms with Gasteiger partial charge in [-0.15, -0.1) is 0 Å². The second-order valence-electron chi connectivity index (χ2n) is 4.61. The molecule has 0 spiro atoms. The maximum Gasteiger partial charge on any atom is 0.133 e. The van der Waals surface area contributed by atoms with Gasteiger partial charge in [-0.25, -0.2) is 0 Å². The summed E-state index contributed by atoms with van der Waals surface area (Å²) in [5.41, 5.74) is 0. The van der Waals surface area contributed by atoms with Gasteiger partial charge in [0.15, 0.2) is 0 Å². The number of nitrogens with zero attached hydrogens (tertiary/aromatic N) is 1. The van der Waals surface area contributed by atoms with Crippen LogP contribution in [0.4, 0.5) is 0 Å². The first-order chi connectivity index (χ1) is 8.31. The molecule has 0 bridgehead atoms. The van der Waals surface area contributed by atoms with Crippen LogP contribution in [0.2, 0.25) is 0 Å². The van der Waals surface area contributed by atoms with Gasteiger partial charge in [-0.3, -0.25) is 4.90 Å². The molecule has 0 radical (unpaired) electrons. The van der Waals surface area contributed by atoms with Crippen LogP contribution in [0.15, 0.2) is 22.8 Å². The Morgan fingerprint density at radius 1 is 1.65 bits per heavy atom. The number of hydrogen-bond donors (Lipinski definition) is 2. The summed E-state index contributed by atoms with van der Waals surface area (Å²) in [5, 5.41) is 13.2. The van der Waals surface area contributed by atoms with Crippen molar-refractivity contribution in [2.45, 2.75) is 31.9 Å². The molecule has 17 heavy (non-hydrogen) atoms. The zero-order chi connectivity index (χ0) is 12.1. The number of furan rings is 1. The van der Waals surface area contributed by atoms with Gasteiger partial charge in [-0.1, -0.05) is 6.92 Å². The van der Waals surface area contributed by atoms with Crippen LogP contribution in [0.25, 0.3) is 0 Å². The van der Waals surface area contributed by atoms with Crippen molar-refractivity contribution in [1.82, 2.24) is 10.2 Å². The Morgan fingerprint density at radius 3 is 3.24 bits per heavy atom. The van der Waals surface area contributed by atoms with Gasteiger partial charge in [0.1, 0.15) is 11.9 Å². The summed E-state index contributed by atoms with van der Waals surface area (Å²) in [7, 11) is 0. The van der Waals surface area contributed by atoms with E-state index >= 15 is 0 Å². The van der Waals surface area contributed by atoms with E-state index in [1.54, 1.807) is 18.4 Å². The molecule has 1 aromatic rings. The standard InChI is InChI=1S/C13H22N2O2/c1-2-15-7-3-5-11(15)9-14-10-12(16)13-6-4-8-17-13/h4,6,8,11-12,14,16H,2-3,5,7,9-10H2,1H3. The molecule has 0 amide bonds. The summed E-state index contributed by atoms with van der Waals surface area (Å²) in [4.78, 5) is 2.49. The molecule has 1 aliphatic rings. The predicted molar refractivity (Wildman–Crippen MR) is 66.8 cm³/mol. The van der Waals surface area contributed by atoms with Crippen molar-refractivity contribution in [2.75, 3.05) is 26.2 Å². The fraction of sp³-hybridized carbons (Fsp3) is 0.692. The third-order valence-corrected chi connectivity index (χ3v) is 3.49. The lowest BCUT2D eigenvalue weighted by Crippen LogP contribution is -2.38. The van der Waals surface area contributed by atoms with E-state index in [1.165, 1.54) is 19.4 Å². The minimum atomic E-state index is -0.540. The van der Waals surface area contributed by atoms with Crippen molar-refractivity contribution in [3.05, 3.63) is 24.2 Å². The van der Waals surface area contributed by atoms with Crippen LogP contribution in [-0.2, 0) is 0 Å². The van der Waals surface area contributed by atoms with Crippen molar-refractivity contribution in [1.29, 1.82) is 0 Å². The number of hydrogen-bond acceptors (Lipinski definition) is 4. The Bertz CT molecular complexity index is 313. The predicted octanol–water partition coefficient (Wildman–Crippen LogP) is 1.39. The first kappa shape index (κ1) is 12.6. The molecule has 1 aromatic heterocycles. The van der Waals surface area contributed by atoms with Crippen LogP contribution in [-0.4, -0.2) is 42.2 Å². The lowest BCUT2D eigenvalue weighted by atomic mass is 10.2. The number of aliphatic hydroxyl groups excluding tert-OH is 1. The van der Waals surface area contributed by atoms with Crippen molar-refractivity contribution in [2.24, 2.45) is 0 Å². The van der Waals surface area contributed by atoms with Crippen LogP contribution in [0.3, 0.4) is 0 Å². The maximum absolute atomic E-state index is 9.84. The molecular formula is C13H22N2O2. The summed E-state index contributed by atoms with van der Waals surface area (Å²) < 4.78 is 5.16. The highest BCUT2D eigenvalue weighted by Crippen LogP contribution is 2.16. The van der Waals surface area contributed by atoms with Crippen LogP contribution < -0.4 is 5.32 Å². The van der Waals surface area contributed by atoms with E-state index in [9.17, 15) is 5.11 Å². The summed E-state index contributed by atoms with van der Waals surface area (Å²) in [6.07, 6.45) is 3.61. The fourth-order valence-electron chi connectivity index (χ4n) is 2.51. The molecule has 2 unspecified atom stereocenters. The van der Waals surface area contributed by atoms with Crippen LogP contribution in [0.5, 0.6) is 0 Å². The fourth-order valence-corrected chi connectivity index (χ4v) is 2.51. The highest BCUT2D eigenvalue weighted by Gasteiger charge is 2.22. The van der Waals surface area contributed by atoms with E-state index in [2.05, 4.69) is 17.1 Å². The summed E-state index contributed by atoms with van der Waals surface area (Å²) in [5.74, 6) is 0.635. The number of aliphatic hydroxyl groups is 1. The quantitative estimate of drug-likeness (QED) is 0.786. The van der Waals surface area contributed by atoms with E-state index < -0.39 is 6.10 Å². The van der Waals surface area contributed by atoms with Crippen molar-refractivity contribution < 1.29 is 9.52 Å². The monoisotopic (exact) mass is 238 g/mol. The minimum absolute atomic E-state index is 0.540. The average Bonchev–Trinajstić information content (AvgIpc) is 2.99. The van der Waals surface area contributed by atoms with Crippen molar-refractivity contribution in [3.8, 4) is 0 Å². The Morgan fingerprint density at radius 2 is 2.53 bits per heavy atom. The Balaban J connectivity index is 1.69. The van der Waals surface area contributed by atoms with E-state index in [4.69, 9.17) is 4.42 Å². The number of likely N-dealkylation sites (tertiary alicyclic amines) is 1. The lowest BCUT2D eigenvalue weighted by Gasteiger charge is -2.23. The maximum atomic E-state index is 9.84. The molecule has 0 aliphatic carbocycles. The zero-order valence-corrected chi connectivity index (χ0v) is 10.4. The normalized spacial score (nSPS) is 23.1. The number of likely N-dealkylation sites (N-methyl/N-ethyl adjacent to an activating group) is 1. The SMILES string of the molecule is CCN1CCCC1CNCC(O)c1ccco1. The van der Waals surface area contributed by atoms with Gasteiger partial charge in [0.2, 0.25) is 0 Å². The third-order valence-electron chi connectivity index (χ3n) is 3.49. The molecule has 4 heteroatoms. The molecule has 2 rings (SSSR count). The number of nitrogens with one attached hydrogen (secondary N) is 1. The smallest absolute Gasteiger partial charge is 0.133 e. The second-order valence-corrected chi connectivity index (χ2v) is 4.61. The van der Waals surface area contributed by atoms with E-state index in [-0.39, 0.29) is 0 Å². The van der Waals surface area contributed by atoms with Gasteiger partial charge >= 0.3 is 0 Å². The molecule has 1 fully saturated rings. The third kappa shape index (κ3) is 3.31. The molecule has 2 atom stereocenters. The van der Waals surface area contributed by atoms with Gasteiger partial charge in [-0.05, 0) is 38.1 Å². The summed E-state index contributed by atoms with van der Waals surface area (Å²) in [6.45, 7) is 6.04. The molecule has 2 heterocycles. The Labute approximate surface area is 103 Å². The first-order valence-corrected chi connectivity index (χ1v) is 6.47. The van der Waals surface area contributed by atoms with Crippen LogP contribution >= 0.6 is 0 Å². The van der Waals surface area contributed by atoms with Crippen molar-refractivity contribution >= 4 is 0 Å². The van der Waals surface area contributed by atoms with Crippen LogP contribution in [0, 0.1) is 0 Å². The molecule has 0 aromatic carbocycles. The van der Waals surface area contributed by atoms with E-state index in [0.29, 0.717) is 18.3 Å².